The molecule has 0 spiro atoms. The first-order chi connectivity index (χ1) is 5.04. The number of carbonyl (C=O) groups excluding carboxylic acids is 1. The average molecular weight is 159 g/mol. The van der Waals surface area contributed by atoms with E-state index in [0.717, 1.165) is 0 Å². The van der Waals surface area contributed by atoms with Crippen molar-refractivity contribution < 1.29 is 14.6 Å². The van der Waals surface area contributed by atoms with Gasteiger partial charge in [0.05, 0.1) is 12.7 Å². The quantitative estimate of drug-likeness (QED) is 0.583. The second-order valence-electron chi connectivity index (χ2n) is 2.25. The second-order valence-corrected chi connectivity index (χ2v) is 2.25. The van der Waals surface area contributed by atoms with E-state index in [1.54, 1.807) is 6.92 Å². The van der Waals surface area contributed by atoms with E-state index in [1.165, 1.54) is 0 Å². The van der Waals surface area contributed by atoms with Gasteiger partial charge in [0.25, 0.3) is 0 Å². The summed E-state index contributed by atoms with van der Waals surface area (Å²) < 4.78 is 4.43. The van der Waals surface area contributed by atoms with E-state index in [0.29, 0.717) is 12.0 Å². The van der Waals surface area contributed by atoms with Gasteiger partial charge >= 0.3 is 6.09 Å². The molecule has 0 radical (unpaired) electrons. The standard InChI is InChI=1S/C7H13NO3/c1-5(6(2)9)3-4-11-7(8)10/h6,9H,1,3-4H2,2H3,(H2,8,10). The molecule has 0 aliphatic carbocycles. The number of rotatable bonds is 4. The lowest BCUT2D eigenvalue weighted by Gasteiger charge is -2.07. The summed E-state index contributed by atoms with van der Waals surface area (Å²) in [4.78, 5) is 10.1. The Kier molecular flexibility index (Phi) is 4.29. The minimum Gasteiger partial charge on any atom is -0.449 e. The van der Waals surface area contributed by atoms with E-state index in [2.05, 4.69) is 11.3 Å². The molecule has 64 valence electrons. The molecule has 0 aromatic carbocycles. The highest BCUT2D eigenvalue weighted by Crippen LogP contribution is 2.03. The van der Waals surface area contributed by atoms with Gasteiger partial charge in [0.15, 0.2) is 0 Å². The van der Waals surface area contributed by atoms with Gasteiger partial charge in [-0.25, -0.2) is 4.79 Å². The summed E-state index contributed by atoms with van der Waals surface area (Å²) in [6.45, 7) is 5.35. The van der Waals surface area contributed by atoms with E-state index in [9.17, 15) is 4.79 Å². The molecule has 0 bridgehead atoms. The SMILES string of the molecule is C=C(CCOC(N)=O)C(C)O. The van der Waals surface area contributed by atoms with Crippen LogP contribution in [0.5, 0.6) is 0 Å². The van der Waals surface area contributed by atoms with Crippen LogP contribution in [0.4, 0.5) is 4.79 Å². The number of nitrogens with two attached hydrogens (primary N) is 1. The molecule has 0 aromatic rings. The summed E-state index contributed by atoms with van der Waals surface area (Å²) in [5.74, 6) is 0. The van der Waals surface area contributed by atoms with E-state index in [4.69, 9.17) is 10.8 Å². The molecule has 0 saturated carbocycles. The first-order valence-electron chi connectivity index (χ1n) is 3.32. The molecule has 11 heavy (non-hydrogen) atoms. The molecular weight excluding hydrogens is 146 g/mol. The Morgan fingerprint density at radius 2 is 2.36 bits per heavy atom. The van der Waals surface area contributed by atoms with Gasteiger partial charge in [0.2, 0.25) is 0 Å². The van der Waals surface area contributed by atoms with Crippen molar-refractivity contribution in [1.82, 2.24) is 0 Å². The van der Waals surface area contributed by atoms with E-state index >= 15 is 0 Å². The number of carbonyl (C=O) groups is 1. The fourth-order valence-electron chi connectivity index (χ4n) is 0.492. The lowest BCUT2D eigenvalue weighted by atomic mass is 10.1. The molecule has 1 atom stereocenters. The molecule has 0 saturated heterocycles. The Balaban J connectivity index is 3.39. The van der Waals surface area contributed by atoms with Crippen LogP contribution in [0.15, 0.2) is 12.2 Å². The monoisotopic (exact) mass is 159 g/mol. The van der Waals surface area contributed by atoms with Crippen molar-refractivity contribution in [3.8, 4) is 0 Å². The smallest absolute Gasteiger partial charge is 0.404 e. The van der Waals surface area contributed by atoms with Gasteiger partial charge in [-0.3, -0.25) is 0 Å². The Morgan fingerprint density at radius 1 is 1.82 bits per heavy atom. The first kappa shape index (κ1) is 9.97. The van der Waals surface area contributed by atoms with Gasteiger partial charge in [-0.15, -0.1) is 0 Å². The Bertz CT molecular complexity index is 154. The Morgan fingerprint density at radius 3 is 2.73 bits per heavy atom. The lowest BCUT2D eigenvalue weighted by molar-refractivity contribution is 0.153. The van der Waals surface area contributed by atoms with Gasteiger partial charge in [-0.1, -0.05) is 6.58 Å². The zero-order valence-corrected chi connectivity index (χ0v) is 6.54. The van der Waals surface area contributed by atoms with Crippen LogP contribution in [-0.4, -0.2) is 23.9 Å². The van der Waals surface area contributed by atoms with Crippen molar-refractivity contribution in [2.75, 3.05) is 6.61 Å². The molecule has 4 nitrogen and oxygen atoms in total. The average Bonchev–Trinajstić information content (AvgIpc) is 1.86. The third kappa shape index (κ3) is 5.42. The van der Waals surface area contributed by atoms with Gasteiger partial charge in [-0.2, -0.15) is 0 Å². The summed E-state index contributed by atoms with van der Waals surface area (Å²) in [7, 11) is 0. The highest BCUT2D eigenvalue weighted by atomic mass is 16.5. The van der Waals surface area contributed by atoms with Crippen LogP contribution in [0, 0.1) is 0 Å². The molecule has 0 aliphatic heterocycles. The maximum atomic E-state index is 10.1. The predicted molar refractivity (Wildman–Crippen MR) is 41.0 cm³/mol. The Labute approximate surface area is 65.6 Å². The number of aliphatic hydroxyl groups excluding tert-OH is 1. The Hall–Kier alpha value is -1.03. The topological polar surface area (TPSA) is 72.5 Å². The van der Waals surface area contributed by atoms with Crippen molar-refractivity contribution in [3.63, 3.8) is 0 Å². The number of amides is 1. The van der Waals surface area contributed by atoms with Crippen molar-refractivity contribution in [2.24, 2.45) is 5.73 Å². The summed E-state index contributed by atoms with van der Waals surface area (Å²) in [6.07, 6.45) is -0.921. The van der Waals surface area contributed by atoms with Crippen molar-refractivity contribution >= 4 is 6.09 Å². The van der Waals surface area contributed by atoms with Crippen LogP contribution in [0.25, 0.3) is 0 Å². The van der Waals surface area contributed by atoms with Crippen LogP contribution < -0.4 is 5.73 Å². The maximum absolute atomic E-state index is 10.1. The van der Waals surface area contributed by atoms with E-state index in [1.807, 2.05) is 0 Å². The highest BCUT2D eigenvalue weighted by molar-refractivity contribution is 5.64. The van der Waals surface area contributed by atoms with Crippen molar-refractivity contribution in [2.45, 2.75) is 19.4 Å². The third-order valence-electron chi connectivity index (χ3n) is 1.26. The zero-order chi connectivity index (χ0) is 8.85. The largest absolute Gasteiger partial charge is 0.449 e. The van der Waals surface area contributed by atoms with E-state index < -0.39 is 12.2 Å². The molecule has 3 N–H and O–H groups in total. The van der Waals surface area contributed by atoms with Crippen LogP contribution in [0.3, 0.4) is 0 Å². The molecule has 0 aromatic heterocycles. The molecule has 0 heterocycles. The minimum absolute atomic E-state index is 0.180. The molecule has 0 fully saturated rings. The number of primary amides is 1. The normalized spacial score (nSPS) is 12.2. The molecule has 4 heteroatoms. The molecule has 1 unspecified atom stereocenters. The lowest BCUT2D eigenvalue weighted by Crippen LogP contribution is -2.15. The fraction of sp³-hybridized carbons (Fsp3) is 0.571. The number of hydrogen-bond acceptors (Lipinski definition) is 3. The summed E-state index contributed by atoms with van der Waals surface area (Å²) in [5, 5.41) is 8.91. The number of hydrogen-bond donors (Lipinski definition) is 2. The van der Waals surface area contributed by atoms with Crippen LogP contribution in [-0.2, 0) is 4.74 Å². The van der Waals surface area contributed by atoms with E-state index in [-0.39, 0.29) is 6.61 Å². The molecular formula is C7H13NO3. The number of ether oxygens (including phenoxy) is 1. The highest BCUT2D eigenvalue weighted by Gasteiger charge is 2.02. The summed E-state index contributed by atoms with van der Waals surface area (Å²) in [5.41, 5.74) is 5.33. The van der Waals surface area contributed by atoms with Gasteiger partial charge in [0.1, 0.15) is 0 Å². The molecule has 1 amide bonds. The zero-order valence-electron chi connectivity index (χ0n) is 6.54. The molecule has 0 aliphatic rings. The van der Waals surface area contributed by atoms with Crippen LogP contribution in [0.1, 0.15) is 13.3 Å². The van der Waals surface area contributed by atoms with Crippen LogP contribution in [0.2, 0.25) is 0 Å². The van der Waals surface area contributed by atoms with Crippen LogP contribution >= 0.6 is 0 Å². The van der Waals surface area contributed by atoms with Crippen molar-refractivity contribution in [3.05, 3.63) is 12.2 Å². The fourth-order valence-corrected chi connectivity index (χ4v) is 0.492. The maximum Gasteiger partial charge on any atom is 0.404 e. The predicted octanol–water partition coefficient (Wildman–Crippen LogP) is 0.409. The van der Waals surface area contributed by atoms with Crippen molar-refractivity contribution in [1.29, 1.82) is 0 Å². The van der Waals surface area contributed by atoms with Gasteiger partial charge < -0.3 is 15.6 Å². The third-order valence-corrected chi connectivity index (χ3v) is 1.26. The summed E-state index contributed by atoms with van der Waals surface area (Å²) in [6, 6.07) is 0. The second kappa shape index (κ2) is 4.73. The molecule has 0 rings (SSSR count). The summed E-state index contributed by atoms with van der Waals surface area (Å²) >= 11 is 0. The van der Waals surface area contributed by atoms with Gasteiger partial charge in [-0.05, 0) is 12.5 Å². The van der Waals surface area contributed by atoms with Gasteiger partial charge in [0, 0.05) is 6.42 Å². The minimum atomic E-state index is -0.802. The first-order valence-corrected chi connectivity index (χ1v) is 3.32. The number of aliphatic hydroxyl groups is 1.